The first kappa shape index (κ1) is 21.7. The highest BCUT2D eigenvalue weighted by Gasteiger charge is 2.14. The molecule has 1 aromatic heterocycles. The maximum atomic E-state index is 12.4. The van der Waals surface area contributed by atoms with Gasteiger partial charge in [0.2, 0.25) is 0 Å². The number of amides is 1. The van der Waals surface area contributed by atoms with E-state index in [1.165, 1.54) is 41.5 Å². The number of amidine groups is 1. The van der Waals surface area contributed by atoms with Crippen LogP contribution in [0, 0.1) is 0 Å². The number of hydrogen-bond acceptors (Lipinski definition) is 6. The molecule has 0 saturated heterocycles. The molecule has 0 unspecified atom stereocenters. The van der Waals surface area contributed by atoms with Crippen LogP contribution in [0.5, 0.6) is 11.5 Å². The van der Waals surface area contributed by atoms with E-state index in [-0.39, 0.29) is 29.8 Å². The van der Waals surface area contributed by atoms with Crippen molar-refractivity contribution in [2.45, 2.75) is 13.2 Å². The molecule has 1 amide bonds. The van der Waals surface area contributed by atoms with Crippen molar-refractivity contribution in [3.8, 4) is 11.5 Å². The van der Waals surface area contributed by atoms with Crippen LogP contribution in [0.1, 0.15) is 10.4 Å². The molecule has 7 nitrogen and oxygen atoms in total. The molecule has 0 saturated carbocycles. The predicted octanol–water partition coefficient (Wildman–Crippen LogP) is 3.31. The number of thiophene rings is 1. The van der Waals surface area contributed by atoms with Gasteiger partial charge in [0.15, 0.2) is 23.9 Å². The quantitative estimate of drug-likeness (QED) is 0.372. The van der Waals surface area contributed by atoms with Crippen LogP contribution in [0.2, 0.25) is 4.34 Å². The van der Waals surface area contributed by atoms with E-state index in [2.05, 4.69) is 9.89 Å². The van der Waals surface area contributed by atoms with Crippen LogP contribution in [0.25, 0.3) is 0 Å². The number of alkyl halides is 2. The van der Waals surface area contributed by atoms with E-state index >= 15 is 0 Å². The van der Waals surface area contributed by atoms with E-state index in [0.29, 0.717) is 16.4 Å². The van der Waals surface area contributed by atoms with Gasteiger partial charge in [0.25, 0.3) is 5.91 Å². The van der Waals surface area contributed by atoms with Crippen molar-refractivity contribution in [1.29, 1.82) is 0 Å². The number of benzene rings is 1. The SMILES string of the molecule is COc1cc(/C(N)=N/OCC(=O)N(C)Cc2ccc(Cl)s2)ccc1OC(F)F. The average molecular weight is 434 g/mol. The van der Waals surface area contributed by atoms with Gasteiger partial charge in [-0.3, -0.25) is 4.79 Å². The summed E-state index contributed by atoms with van der Waals surface area (Å²) in [5.74, 6) is -0.441. The lowest BCUT2D eigenvalue weighted by Gasteiger charge is -2.15. The third-order valence-electron chi connectivity index (χ3n) is 3.47. The summed E-state index contributed by atoms with van der Waals surface area (Å²) in [6, 6.07) is 7.65. The van der Waals surface area contributed by atoms with E-state index in [0.717, 1.165) is 4.88 Å². The monoisotopic (exact) mass is 433 g/mol. The zero-order chi connectivity index (χ0) is 20.7. The summed E-state index contributed by atoms with van der Waals surface area (Å²) < 4.78 is 34.7. The Morgan fingerprint density at radius 3 is 2.68 bits per heavy atom. The lowest BCUT2D eigenvalue weighted by molar-refractivity contribution is -0.135. The molecule has 0 bridgehead atoms. The summed E-state index contributed by atoms with van der Waals surface area (Å²) in [5.41, 5.74) is 6.16. The summed E-state index contributed by atoms with van der Waals surface area (Å²) in [7, 11) is 2.93. The normalized spacial score (nSPS) is 11.4. The van der Waals surface area contributed by atoms with Crippen LogP contribution >= 0.6 is 22.9 Å². The second kappa shape index (κ2) is 10.1. The van der Waals surface area contributed by atoms with E-state index in [1.54, 1.807) is 13.1 Å². The van der Waals surface area contributed by atoms with Gasteiger partial charge in [-0.05, 0) is 30.3 Å². The number of carbonyl (C=O) groups excluding carboxylic acids is 1. The fraction of sp³-hybridized carbons (Fsp3) is 0.294. The highest BCUT2D eigenvalue weighted by atomic mass is 35.5. The van der Waals surface area contributed by atoms with Gasteiger partial charge in [0.1, 0.15) is 0 Å². The molecule has 0 atom stereocenters. The molecule has 0 radical (unpaired) electrons. The molecule has 11 heteroatoms. The van der Waals surface area contributed by atoms with Gasteiger partial charge in [-0.2, -0.15) is 8.78 Å². The Hall–Kier alpha value is -2.59. The zero-order valence-electron chi connectivity index (χ0n) is 15.0. The van der Waals surface area contributed by atoms with Gasteiger partial charge in [0.05, 0.1) is 18.0 Å². The molecule has 0 fully saturated rings. The van der Waals surface area contributed by atoms with Crippen molar-refractivity contribution in [3.05, 3.63) is 45.1 Å². The Labute approximate surface area is 169 Å². The van der Waals surface area contributed by atoms with Crippen molar-refractivity contribution in [2.24, 2.45) is 10.9 Å². The number of rotatable bonds is 9. The number of oxime groups is 1. The van der Waals surface area contributed by atoms with Crippen LogP contribution in [-0.2, 0) is 16.2 Å². The number of halogens is 3. The van der Waals surface area contributed by atoms with Crippen LogP contribution < -0.4 is 15.2 Å². The number of hydrogen-bond donors (Lipinski definition) is 1. The van der Waals surface area contributed by atoms with Gasteiger partial charge in [-0.1, -0.05) is 16.8 Å². The molecule has 152 valence electrons. The highest BCUT2D eigenvalue weighted by molar-refractivity contribution is 7.16. The summed E-state index contributed by atoms with van der Waals surface area (Å²) in [6.07, 6.45) is 0. The first-order chi connectivity index (χ1) is 13.3. The van der Waals surface area contributed by atoms with Gasteiger partial charge in [-0.25, -0.2) is 0 Å². The lowest BCUT2D eigenvalue weighted by Crippen LogP contribution is -2.29. The fourth-order valence-corrected chi connectivity index (χ4v) is 3.24. The number of nitrogens with two attached hydrogens (primary N) is 1. The molecule has 2 rings (SSSR count). The summed E-state index contributed by atoms with van der Waals surface area (Å²) in [4.78, 5) is 19.5. The smallest absolute Gasteiger partial charge is 0.387 e. The summed E-state index contributed by atoms with van der Waals surface area (Å²) in [6.45, 7) is -2.91. The van der Waals surface area contributed by atoms with Crippen molar-refractivity contribution < 1.29 is 27.9 Å². The second-order valence-electron chi connectivity index (χ2n) is 5.45. The number of nitrogens with zero attached hydrogens (tertiary/aromatic N) is 2. The highest BCUT2D eigenvalue weighted by Crippen LogP contribution is 2.29. The van der Waals surface area contributed by atoms with Gasteiger partial charge >= 0.3 is 6.61 Å². The number of methoxy groups -OCH3 is 1. The molecule has 2 N–H and O–H groups in total. The Bertz CT molecular complexity index is 848. The number of likely N-dealkylation sites (N-methyl/N-ethyl adjacent to an activating group) is 1. The van der Waals surface area contributed by atoms with E-state index in [9.17, 15) is 13.6 Å². The maximum absolute atomic E-state index is 12.4. The largest absolute Gasteiger partial charge is 0.493 e. The minimum absolute atomic E-state index is 0.0533. The van der Waals surface area contributed by atoms with Gasteiger partial charge in [-0.15, -0.1) is 11.3 Å². The topological polar surface area (TPSA) is 86.4 Å². The molecule has 28 heavy (non-hydrogen) atoms. The maximum Gasteiger partial charge on any atom is 0.387 e. The van der Waals surface area contributed by atoms with Crippen molar-refractivity contribution in [2.75, 3.05) is 20.8 Å². The molecule has 0 aliphatic rings. The molecular formula is C17H18ClF2N3O4S. The second-order valence-corrected chi connectivity index (χ2v) is 7.25. The summed E-state index contributed by atoms with van der Waals surface area (Å²) in [5, 5.41) is 3.68. The molecular weight excluding hydrogens is 416 g/mol. The van der Waals surface area contributed by atoms with E-state index in [4.69, 9.17) is 26.9 Å². The fourth-order valence-electron chi connectivity index (χ4n) is 2.10. The lowest BCUT2D eigenvalue weighted by atomic mass is 10.2. The molecule has 1 aromatic carbocycles. The third-order valence-corrected chi connectivity index (χ3v) is 4.69. The van der Waals surface area contributed by atoms with Crippen molar-refractivity contribution in [3.63, 3.8) is 0 Å². The van der Waals surface area contributed by atoms with E-state index < -0.39 is 6.61 Å². The third kappa shape index (κ3) is 6.24. The first-order valence-electron chi connectivity index (χ1n) is 7.87. The number of ether oxygens (including phenoxy) is 2. The Morgan fingerprint density at radius 1 is 1.32 bits per heavy atom. The Kier molecular flexibility index (Phi) is 7.82. The predicted molar refractivity (Wildman–Crippen MR) is 102 cm³/mol. The molecule has 1 heterocycles. The van der Waals surface area contributed by atoms with Crippen molar-refractivity contribution in [1.82, 2.24) is 4.90 Å². The van der Waals surface area contributed by atoms with Crippen LogP contribution in [0.15, 0.2) is 35.5 Å². The Morgan fingerprint density at radius 2 is 2.07 bits per heavy atom. The molecule has 0 aliphatic heterocycles. The molecule has 0 spiro atoms. The van der Waals surface area contributed by atoms with Crippen LogP contribution in [0.3, 0.4) is 0 Å². The minimum atomic E-state index is -2.98. The molecule has 2 aromatic rings. The van der Waals surface area contributed by atoms with Crippen LogP contribution in [-0.4, -0.2) is 44.0 Å². The van der Waals surface area contributed by atoms with Gasteiger partial charge < -0.3 is 24.9 Å². The average Bonchev–Trinajstić information content (AvgIpc) is 3.05. The van der Waals surface area contributed by atoms with E-state index in [1.807, 2.05) is 6.07 Å². The van der Waals surface area contributed by atoms with Crippen LogP contribution in [0.4, 0.5) is 8.78 Å². The standard InChI is InChI=1S/C17H18ClF2N3O4S/c1-23(8-11-4-6-14(18)28-11)15(24)9-26-22-16(21)10-3-5-12(27-17(19)20)13(7-10)25-2/h3-7,17H,8-9H2,1-2H3,(H2,21,22). The van der Waals surface area contributed by atoms with Gasteiger partial charge in [0, 0.05) is 17.5 Å². The summed E-state index contributed by atoms with van der Waals surface area (Å²) >= 11 is 7.24. The first-order valence-corrected chi connectivity index (χ1v) is 9.06. The van der Waals surface area contributed by atoms with Crippen molar-refractivity contribution >= 4 is 34.7 Å². The minimum Gasteiger partial charge on any atom is -0.493 e. The zero-order valence-corrected chi connectivity index (χ0v) is 16.6. The Balaban J connectivity index is 1.93. The number of carbonyl (C=O) groups is 1. The molecule has 0 aliphatic carbocycles.